The Labute approximate surface area is 115 Å². The van der Waals surface area contributed by atoms with Crippen LogP contribution in [0.3, 0.4) is 0 Å². The number of hydrogen-bond acceptors (Lipinski definition) is 2. The first kappa shape index (κ1) is 14.4. The highest BCUT2D eigenvalue weighted by Gasteiger charge is 2.44. The fourth-order valence-electron chi connectivity index (χ4n) is 3.76. The molecule has 2 aliphatic rings. The highest BCUT2D eigenvalue weighted by molar-refractivity contribution is 5.85. The van der Waals surface area contributed by atoms with Crippen LogP contribution in [0.5, 0.6) is 0 Å². The largest absolute Gasteiger partial charge is 0.481 e. The minimum atomic E-state index is -0.777. The Morgan fingerprint density at radius 3 is 2.21 bits per heavy atom. The van der Waals surface area contributed by atoms with Crippen molar-refractivity contribution >= 4 is 11.9 Å². The number of carbonyl (C=O) groups is 2. The predicted molar refractivity (Wildman–Crippen MR) is 72.8 cm³/mol. The van der Waals surface area contributed by atoms with Crippen LogP contribution in [0, 0.1) is 5.41 Å². The van der Waals surface area contributed by atoms with E-state index < -0.39 is 11.4 Å². The summed E-state index contributed by atoms with van der Waals surface area (Å²) < 4.78 is 0. The molecule has 0 heterocycles. The molecule has 4 heteroatoms. The van der Waals surface area contributed by atoms with Gasteiger partial charge in [0.15, 0.2) is 0 Å². The highest BCUT2D eigenvalue weighted by atomic mass is 16.4. The molecular formula is C15H25NO3. The summed E-state index contributed by atoms with van der Waals surface area (Å²) in [7, 11) is 0. The molecule has 2 saturated carbocycles. The van der Waals surface area contributed by atoms with Gasteiger partial charge in [0, 0.05) is 19.0 Å². The Morgan fingerprint density at radius 2 is 1.74 bits per heavy atom. The molecule has 1 amide bonds. The highest BCUT2D eigenvalue weighted by Crippen LogP contribution is 2.42. The molecule has 1 N–H and O–H groups in total. The number of carboxylic acids is 1. The van der Waals surface area contributed by atoms with Gasteiger partial charge in [0.1, 0.15) is 0 Å². The monoisotopic (exact) mass is 267 g/mol. The van der Waals surface area contributed by atoms with E-state index >= 15 is 0 Å². The van der Waals surface area contributed by atoms with E-state index in [0.29, 0.717) is 25.4 Å². The molecule has 0 atom stereocenters. The van der Waals surface area contributed by atoms with Crippen LogP contribution in [-0.4, -0.2) is 34.5 Å². The van der Waals surface area contributed by atoms with Crippen molar-refractivity contribution in [1.29, 1.82) is 0 Å². The van der Waals surface area contributed by atoms with E-state index in [9.17, 15) is 14.7 Å². The second kappa shape index (κ2) is 5.93. The van der Waals surface area contributed by atoms with Gasteiger partial charge < -0.3 is 10.0 Å². The maximum Gasteiger partial charge on any atom is 0.310 e. The lowest BCUT2D eigenvalue weighted by Gasteiger charge is -2.31. The number of amides is 1. The van der Waals surface area contributed by atoms with Gasteiger partial charge in [0.2, 0.25) is 5.91 Å². The molecule has 0 aromatic carbocycles. The van der Waals surface area contributed by atoms with Gasteiger partial charge in [-0.1, -0.05) is 25.7 Å². The number of carbonyl (C=O) groups excluding carboxylic acids is 1. The first-order valence-electron chi connectivity index (χ1n) is 7.62. The summed E-state index contributed by atoms with van der Waals surface area (Å²) in [5, 5.41) is 9.46. The molecule has 0 spiro atoms. The van der Waals surface area contributed by atoms with E-state index in [0.717, 1.165) is 25.7 Å². The van der Waals surface area contributed by atoms with Gasteiger partial charge in [0.05, 0.1) is 5.41 Å². The van der Waals surface area contributed by atoms with Gasteiger partial charge in [-0.05, 0) is 32.6 Å². The van der Waals surface area contributed by atoms with Crippen LogP contribution < -0.4 is 0 Å². The van der Waals surface area contributed by atoms with Gasteiger partial charge in [-0.25, -0.2) is 0 Å². The van der Waals surface area contributed by atoms with Crippen LogP contribution in [0.25, 0.3) is 0 Å². The summed E-state index contributed by atoms with van der Waals surface area (Å²) in [5.74, 6) is -0.723. The van der Waals surface area contributed by atoms with E-state index in [1.807, 2.05) is 11.8 Å². The van der Waals surface area contributed by atoms with Gasteiger partial charge in [-0.15, -0.1) is 0 Å². The second-order valence-electron chi connectivity index (χ2n) is 6.09. The van der Waals surface area contributed by atoms with Crippen molar-refractivity contribution in [3.05, 3.63) is 0 Å². The number of aliphatic carboxylic acids is 1. The number of nitrogens with zero attached hydrogens (tertiary/aromatic N) is 1. The van der Waals surface area contributed by atoms with Crippen LogP contribution in [0.4, 0.5) is 0 Å². The average Bonchev–Trinajstić information content (AvgIpc) is 3.01. The predicted octanol–water partition coefficient (Wildman–Crippen LogP) is 2.81. The minimum Gasteiger partial charge on any atom is -0.481 e. The lowest BCUT2D eigenvalue weighted by atomic mass is 9.82. The van der Waals surface area contributed by atoms with Crippen molar-refractivity contribution in [3.63, 3.8) is 0 Å². The fourth-order valence-corrected chi connectivity index (χ4v) is 3.76. The first-order valence-corrected chi connectivity index (χ1v) is 7.62. The van der Waals surface area contributed by atoms with Gasteiger partial charge in [-0.2, -0.15) is 0 Å². The standard InChI is InChI=1S/C15H25NO3/c1-2-16(12-7-3-4-8-12)13(17)11-15(14(18)19)9-5-6-10-15/h12H,2-11H2,1H3,(H,18,19). The molecule has 0 aliphatic heterocycles. The van der Waals surface area contributed by atoms with Gasteiger partial charge in [-0.3, -0.25) is 9.59 Å². The minimum absolute atomic E-state index is 0.0544. The number of hydrogen-bond donors (Lipinski definition) is 1. The molecular weight excluding hydrogens is 242 g/mol. The van der Waals surface area contributed by atoms with Gasteiger partial charge in [0.25, 0.3) is 0 Å². The summed E-state index contributed by atoms with van der Waals surface area (Å²) in [6, 6.07) is 0.352. The second-order valence-corrected chi connectivity index (χ2v) is 6.09. The van der Waals surface area contributed by atoms with Crippen LogP contribution >= 0.6 is 0 Å². The van der Waals surface area contributed by atoms with Crippen molar-refractivity contribution in [2.75, 3.05) is 6.54 Å². The third kappa shape index (κ3) is 2.93. The average molecular weight is 267 g/mol. The summed E-state index contributed by atoms with van der Waals surface area (Å²) in [6.45, 7) is 2.71. The number of rotatable bonds is 5. The van der Waals surface area contributed by atoms with E-state index in [2.05, 4.69) is 0 Å². The van der Waals surface area contributed by atoms with Crippen LogP contribution in [-0.2, 0) is 9.59 Å². The smallest absolute Gasteiger partial charge is 0.310 e. The fraction of sp³-hybridized carbons (Fsp3) is 0.867. The maximum absolute atomic E-state index is 12.5. The lowest BCUT2D eigenvalue weighted by molar-refractivity contribution is -0.154. The zero-order valence-electron chi connectivity index (χ0n) is 11.9. The molecule has 0 radical (unpaired) electrons. The van der Waals surface area contributed by atoms with E-state index in [1.54, 1.807) is 0 Å². The summed E-state index contributed by atoms with van der Waals surface area (Å²) in [4.78, 5) is 25.9. The Kier molecular flexibility index (Phi) is 4.48. The van der Waals surface area contributed by atoms with Crippen molar-refractivity contribution in [2.24, 2.45) is 5.41 Å². The lowest BCUT2D eigenvalue weighted by Crippen LogP contribution is -2.42. The molecule has 0 unspecified atom stereocenters. The van der Waals surface area contributed by atoms with E-state index in [-0.39, 0.29) is 12.3 Å². The SMILES string of the molecule is CCN(C(=O)CC1(C(=O)O)CCCC1)C1CCCC1. The summed E-state index contributed by atoms with van der Waals surface area (Å²) >= 11 is 0. The zero-order valence-corrected chi connectivity index (χ0v) is 11.9. The molecule has 0 aromatic heterocycles. The summed E-state index contributed by atoms with van der Waals surface area (Å²) in [5.41, 5.74) is -0.775. The van der Waals surface area contributed by atoms with Crippen molar-refractivity contribution in [2.45, 2.75) is 70.8 Å². The normalized spacial score (nSPS) is 22.6. The van der Waals surface area contributed by atoms with E-state index in [4.69, 9.17) is 0 Å². The van der Waals surface area contributed by atoms with Crippen LogP contribution in [0.15, 0.2) is 0 Å². The molecule has 108 valence electrons. The maximum atomic E-state index is 12.5. The molecule has 2 fully saturated rings. The third-order valence-corrected chi connectivity index (χ3v) is 4.93. The van der Waals surface area contributed by atoms with Crippen LogP contribution in [0.2, 0.25) is 0 Å². The third-order valence-electron chi connectivity index (χ3n) is 4.93. The Balaban J connectivity index is 2.03. The Morgan fingerprint density at radius 1 is 1.16 bits per heavy atom. The molecule has 0 aromatic rings. The van der Waals surface area contributed by atoms with Crippen molar-refractivity contribution < 1.29 is 14.7 Å². The molecule has 4 nitrogen and oxygen atoms in total. The molecule has 19 heavy (non-hydrogen) atoms. The van der Waals surface area contributed by atoms with E-state index in [1.165, 1.54) is 12.8 Å². The first-order chi connectivity index (χ1) is 9.09. The molecule has 0 bridgehead atoms. The Bertz CT molecular complexity index is 341. The summed E-state index contributed by atoms with van der Waals surface area (Å²) in [6.07, 6.45) is 7.96. The van der Waals surface area contributed by atoms with Gasteiger partial charge >= 0.3 is 5.97 Å². The molecule has 2 rings (SSSR count). The zero-order chi connectivity index (χ0) is 13.9. The van der Waals surface area contributed by atoms with Crippen molar-refractivity contribution in [3.8, 4) is 0 Å². The quantitative estimate of drug-likeness (QED) is 0.833. The Hall–Kier alpha value is -1.06. The number of carboxylic acid groups (broad SMARTS) is 1. The van der Waals surface area contributed by atoms with Crippen molar-refractivity contribution in [1.82, 2.24) is 4.90 Å². The molecule has 0 saturated heterocycles. The molecule has 2 aliphatic carbocycles. The topological polar surface area (TPSA) is 57.6 Å². The van der Waals surface area contributed by atoms with Crippen LogP contribution in [0.1, 0.15) is 64.7 Å².